The molecule has 11 rings (SSSR count). The number of hydrogen-bond acceptors (Lipinski definition) is 0. The van der Waals surface area contributed by atoms with Gasteiger partial charge in [-0.05, 0) is 143 Å². The fraction of sp³-hybridized carbons (Fsp3) is 0.0943. The second-order valence-corrected chi connectivity index (χ2v) is 15.6. The first-order chi connectivity index (χ1) is 27.5. The second kappa shape index (κ2) is 12.6. The number of aryl methyl sites for hydroxylation is 1. The number of hydrogen-bond donors (Lipinski definition) is 1. The summed E-state index contributed by atoms with van der Waals surface area (Å²) < 4.78 is 4.81. The molecule has 3 aromatic heterocycles. The third kappa shape index (κ3) is 5.04. The van der Waals surface area contributed by atoms with Gasteiger partial charge in [-0.2, -0.15) is 0 Å². The molecule has 8 aromatic carbocycles. The average Bonchev–Trinajstić information content (AvgIpc) is 3.90. The van der Waals surface area contributed by atoms with Crippen LogP contribution >= 0.6 is 0 Å². The molecule has 3 heterocycles. The van der Waals surface area contributed by atoms with Gasteiger partial charge < -0.3 is 14.1 Å². The molecule has 0 saturated carbocycles. The second-order valence-electron chi connectivity index (χ2n) is 15.6. The number of benzene rings is 8. The number of aromatic amines is 1. The van der Waals surface area contributed by atoms with E-state index in [0.717, 1.165) is 17.5 Å². The van der Waals surface area contributed by atoms with Gasteiger partial charge in [0, 0.05) is 54.7 Å². The number of nitrogens with zero attached hydrogens (tertiary/aromatic N) is 2. The predicted molar refractivity (Wildman–Crippen MR) is 239 cm³/mol. The number of H-pyrrole nitrogens is 1. The van der Waals surface area contributed by atoms with Gasteiger partial charge in [-0.3, -0.25) is 0 Å². The zero-order valence-corrected chi connectivity index (χ0v) is 31.8. The summed E-state index contributed by atoms with van der Waals surface area (Å²) in [6.45, 7) is 6.78. The van der Waals surface area contributed by atoms with Crippen LogP contribution in [0.5, 0.6) is 0 Å². The number of fused-ring (bicyclic) bond motifs is 9. The van der Waals surface area contributed by atoms with Crippen LogP contribution < -0.4 is 0 Å². The topological polar surface area (TPSA) is 25.6 Å². The number of rotatable bonds is 6. The van der Waals surface area contributed by atoms with Gasteiger partial charge in [-0.1, -0.05) is 93.6 Å². The molecule has 0 saturated heterocycles. The number of aromatic nitrogens is 3. The molecule has 0 fully saturated rings. The fourth-order valence-corrected chi connectivity index (χ4v) is 9.02. The molecule has 0 aliphatic rings. The molecule has 56 heavy (non-hydrogen) atoms. The molecule has 0 radical (unpaired) electrons. The van der Waals surface area contributed by atoms with Crippen molar-refractivity contribution in [3.63, 3.8) is 0 Å². The molecule has 0 atom stereocenters. The van der Waals surface area contributed by atoms with Crippen molar-refractivity contribution in [1.29, 1.82) is 0 Å². The van der Waals surface area contributed by atoms with Gasteiger partial charge in [-0.25, -0.2) is 0 Å². The van der Waals surface area contributed by atoms with Crippen molar-refractivity contribution in [3.05, 3.63) is 181 Å². The van der Waals surface area contributed by atoms with Crippen LogP contribution in [0.1, 0.15) is 37.8 Å². The first-order valence-electron chi connectivity index (χ1n) is 19.8. The Morgan fingerprint density at radius 1 is 0.411 bits per heavy atom. The molecule has 268 valence electrons. The molecule has 1 N–H and O–H groups in total. The maximum atomic E-state index is 3.71. The molecule has 0 spiro atoms. The standard InChI is InChI=1S/C53H41N3/c1-4-34-15-23-50-44(27-34)46-31-38(19-25-52(46)55(50)40-11-7-5-8-12-40)36-16-21-48-42(29-36)43-30-37(17-22-49(43)54-48)39-20-26-53-47(32-39)45-28-35(33(2)3)18-24-51(45)56(53)41-13-9-6-10-14-41/h5-33,54H,4H2,1-3H3. The van der Waals surface area contributed by atoms with Crippen LogP contribution in [0.25, 0.3) is 99.0 Å². The summed E-state index contributed by atoms with van der Waals surface area (Å²) in [6, 6.07) is 63.1. The van der Waals surface area contributed by atoms with Crippen LogP contribution in [0.2, 0.25) is 0 Å². The Bertz CT molecular complexity index is 3300. The molecule has 3 heteroatoms. The summed E-state index contributed by atoms with van der Waals surface area (Å²) in [5.74, 6) is 0.456. The Morgan fingerprint density at radius 3 is 1.30 bits per heavy atom. The maximum Gasteiger partial charge on any atom is 0.0541 e. The minimum atomic E-state index is 0.456. The van der Waals surface area contributed by atoms with Crippen LogP contribution in [0.4, 0.5) is 0 Å². The molecular weight excluding hydrogens is 679 g/mol. The van der Waals surface area contributed by atoms with Crippen molar-refractivity contribution in [1.82, 2.24) is 14.1 Å². The molecule has 0 bridgehead atoms. The highest BCUT2D eigenvalue weighted by molar-refractivity contribution is 6.14. The molecule has 3 nitrogen and oxygen atoms in total. The number of para-hydroxylation sites is 2. The normalized spacial score (nSPS) is 12.1. The van der Waals surface area contributed by atoms with Gasteiger partial charge in [0.2, 0.25) is 0 Å². The predicted octanol–water partition coefficient (Wildman–Crippen LogP) is 14.5. The van der Waals surface area contributed by atoms with Crippen molar-refractivity contribution >= 4 is 65.4 Å². The van der Waals surface area contributed by atoms with E-state index in [2.05, 4.69) is 205 Å². The molecule has 11 aromatic rings. The summed E-state index contributed by atoms with van der Waals surface area (Å²) >= 11 is 0. The lowest BCUT2D eigenvalue weighted by molar-refractivity contribution is 0.868. The highest BCUT2D eigenvalue weighted by Gasteiger charge is 2.17. The Kier molecular flexibility index (Phi) is 7.34. The van der Waals surface area contributed by atoms with E-state index < -0.39 is 0 Å². The monoisotopic (exact) mass is 719 g/mol. The van der Waals surface area contributed by atoms with Crippen LogP contribution in [0, 0.1) is 0 Å². The minimum absolute atomic E-state index is 0.456. The zero-order valence-electron chi connectivity index (χ0n) is 31.8. The van der Waals surface area contributed by atoms with Gasteiger partial charge in [0.1, 0.15) is 0 Å². The van der Waals surface area contributed by atoms with Crippen molar-refractivity contribution < 1.29 is 0 Å². The van der Waals surface area contributed by atoms with E-state index >= 15 is 0 Å². The van der Waals surface area contributed by atoms with Crippen LogP contribution in [-0.4, -0.2) is 14.1 Å². The van der Waals surface area contributed by atoms with Gasteiger partial charge in [0.15, 0.2) is 0 Å². The Balaban J connectivity index is 1.05. The Morgan fingerprint density at radius 2 is 0.821 bits per heavy atom. The lowest BCUT2D eigenvalue weighted by Gasteiger charge is -2.09. The lowest BCUT2D eigenvalue weighted by Crippen LogP contribution is -1.93. The average molecular weight is 720 g/mol. The van der Waals surface area contributed by atoms with E-state index in [0.29, 0.717) is 5.92 Å². The van der Waals surface area contributed by atoms with Crippen LogP contribution in [0.3, 0.4) is 0 Å². The van der Waals surface area contributed by atoms with Crippen molar-refractivity contribution in [3.8, 4) is 33.6 Å². The van der Waals surface area contributed by atoms with E-state index in [1.54, 1.807) is 0 Å². The zero-order chi connectivity index (χ0) is 37.5. The third-order valence-corrected chi connectivity index (χ3v) is 12.0. The Hall–Kier alpha value is -6.84. The molecule has 0 aliphatic carbocycles. The van der Waals surface area contributed by atoms with E-state index in [1.165, 1.54) is 99.1 Å². The quantitative estimate of drug-likeness (QED) is 0.177. The molecule has 0 aliphatic heterocycles. The molecular formula is C53H41N3. The van der Waals surface area contributed by atoms with Crippen molar-refractivity contribution in [2.24, 2.45) is 0 Å². The first kappa shape index (κ1) is 32.6. The number of nitrogens with one attached hydrogen (secondary N) is 1. The van der Waals surface area contributed by atoms with E-state index in [9.17, 15) is 0 Å². The largest absolute Gasteiger partial charge is 0.355 e. The highest BCUT2D eigenvalue weighted by Crippen LogP contribution is 2.40. The summed E-state index contributed by atoms with van der Waals surface area (Å²) in [6.07, 6.45) is 1.01. The van der Waals surface area contributed by atoms with Crippen molar-refractivity contribution in [2.45, 2.75) is 33.1 Å². The van der Waals surface area contributed by atoms with Gasteiger partial charge >= 0.3 is 0 Å². The van der Waals surface area contributed by atoms with Crippen molar-refractivity contribution in [2.75, 3.05) is 0 Å². The minimum Gasteiger partial charge on any atom is -0.355 e. The van der Waals surface area contributed by atoms with E-state index in [1.807, 2.05) is 0 Å². The summed E-state index contributed by atoms with van der Waals surface area (Å²) in [4.78, 5) is 3.71. The molecule has 0 unspecified atom stereocenters. The van der Waals surface area contributed by atoms with Gasteiger partial charge in [-0.15, -0.1) is 0 Å². The fourth-order valence-electron chi connectivity index (χ4n) is 9.02. The highest BCUT2D eigenvalue weighted by atomic mass is 15.0. The summed E-state index contributed by atoms with van der Waals surface area (Å²) in [5.41, 5.74) is 17.2. The van der Waals surface area contributed by atoms with Gasteiger partial charge in [0.25, 0.3) is 0 Å². The van der Waals surface area contributed by atoms with Crippen LogP contribution in [0.15, 0.2) is 170 Å². The lowest BCUT2D eigenvalue weighted by atomic mass is 9.97. The summed E-state index contributed by atoms with van der Waals surface area (Å²) in [7, 11) is 0. The van der Waals surface area contributed by atoms with E-state index in [4.69, 9.17) is 0 Å². The summed E-state index contributed by atoms with van der Waals surface area (Å²) in [5, 5.41) is 7.63. The first-order valence-corrected chi connectivity index (χ1v) is 19.8. The van der Waals surface area contributed by atoms with Gasteiger partial charge in [0.05, 0.1) is 22.1 Å². The van der Waals surface area contributed by atoms with Crippen LogP contribution in [-0.2, 0) is 6.42 Å². The molecule has 0 amide bonds. The Labute approximate surface area is 326 Å². The smallest absolute Gasteiger partial charge is 0.0541 e. The SMILES string of the molecule is CCc1ccc2c(c1)c1cc(-c3ccc4[nH]c5ccc(-c6ccc7c(c6)c6cc(C(C)C)ccc6n7-c6ccccc6)cc5c4c3)ccc1n2-c1ccccc1. The maximum absolute atomic E-state index is 3.71. The third-order valence-electron chi connectivity index (χ3n) is 12.0. The van der Waals surface area contributed by atoms with E-state index in [-0.39, 0.29) is 0 Å².